The third-order valence-electron chi connectivity index (χ3n) is 3.04. The first kappa shape index (κ1) is 14.9. The van der Waals surface area contributed by atoms with Crippen molar-refractivity contribution in [2.24, 2.45) is 5.73 Å². The molecule has 0 saturated carbocycles. The molecule has 0 fully saturated rings. The number of aromatic hydroxyl groups is 1. The van der Waals surface area contributed by atoms with Gasteiger partial charge < -0.3 is 20.7 Å². The van der Waals surface area contributed by atoms with E-state index in [0.717, 1.165) is 5.56 Å². The zero-order valence-corrected chi connectivity index (χ0v) is 11.4. The van der Waals surface area contributed by atoms with E-state index in [0.29, 0.717) is 12.2 Å². The molecule has 0 aromatic heterocycles. The Hall–Kier alpha value is -2.53. The van der Waals surface area contributed by atoms with Crippen LogP contribution in [-0.4, -0.2) is 16.2 Å². The van der Waals surface area contributed by atoms with Crippen LogP contribution in [0.2, 0.25) is 0 Å². The Labute approximate surface area is 122 Å². The van der Waals surface area contributed by atoms with Gasteiger partial charge in [0.15, 0.2) is 11.5 Å². The summed E-state index contributed by atoms with van der Waals surface area (Å²) in [6.07, 6.45) is -0.178. The molecule has 4 N–H and O–H groups in total. The summed E-state index contributed by atoms with van der Waals surface area (Å²) < 4.78 is 5.57. The molecule has 0 radical (unpaired) electrons. The zero-order chi connectivity index (χ0) is 15.2. The van der Waals surface area contributed by atoms with Gasteiger partial charge in [-0.1, -0.05) is 36.4 Å². The summed E-state index contributed by atoms with van der Waals surface area (Å²) in [7, 11) is 0. The largest absolute Gasteiger partial charge is 0.504 e. The lowest BCUT2D eigenvalue weighted by Gasteiger charge is -2.13. The van der Waals surface area contributed by atoms with Crippen molar-refractivity contribution in [2.45, 2.75) is 19.1 Å². The maximum atomic E-state index is 10.7. The first-order chi connectivity index (χ1) is 10.1. The van der Waals surface area contributed by atoms with Gasteiger partial charge in [-0.3, -0.25) is 4.79 Å². The Morgan fingerprint density at radius 3 is 2.57 bits per heavy atom. The number of hydrogen-bond donors (Lipinski definition) is 3. The van der Waals surface area contributed by atoms with E-state index in [4.69, 9.17) is 15.6 Å². The Bertz CT molecular complexity index is 613. The van der Waals surface area contributed by atoms with Crippen molar-refractivity contribution in [1.29, 1.82) is 0 Å². The van der Waals surface area contributed by atoms with Gasteiger partial charge in [-0.15, -0.1) is 0 Å². The Morgan fingerprint density at radius 2 is 1.90 bits per heavy atom. The number of rotatable bonds is 6. The first-order valence-electron chi connectivity index (χ1n) is 6.53. The number of hydrogen-bond acceptors (Lipinski definition) is 4. The molecule has 1 unspecified atom stereocenters. The van der Waals surface area contributed by atoms with E-state index in [2.05, 4.69) is 0 Å². The molecular weight excluding hydrogens is 270 g/mol. The lowest BCUT2D eigenvalue weighted by Crippen LogP contribution is -2.15. The number of ether oxygens (including phenoxy) is 1. The summed E-state index contributed by atoms with van der Waals surface area (Å²) in [6.45, 7) is 0.312. The Balaban J connectivity index is 2.10. The number of aliphatic carboxylic acids is 1. The predicted octanol–water partition coefficient (Wildman–Crippen LogP) is 2.45. The number of nitrogens with two attached hydrogens (primary N) is 1. The van der Waals surface area contributed by atoms with Crippen molar-refractivity contribution in [3.63, 3.8) is 0 Å². The molecular formula is C16H17NO4. The molecule has 0 heterocycles. The van der Waals surface area contributed by atoms with Crippen LogP contribution in [0.5, 0.6) is 11.5 Å². The van der Waals surface area contributed by atoms with Crippen molar-refractivity contribution in [1.82, 2.24) is 0 Å². The molecule has 5 nitrogen and oxygen atoms in total. The summed E-state index contributed by atoms with van der Waals surface area (Å²) in [5.41, 5.74) is 7.38. The zero-order valence-electron chi connectivity index (χ0n) is 11.4. The maximum absolute atomic E-state index is 10.7. The molecule has 21 heavy (non-hydrogen) atoms. The smallest absolute Gasteiger partial charge is 0.305 e. The van der Waals surface area contributed by atoms with Gasteiger partial charge in [-0.05, 0) is 23.3 Å². The van der Waals surface area contributed by atoms with Gasteiger partial charge >= 0.3 is 5.97 Å². The van der Waals surface area contributed by atoms with E-state index in [-0.39, 0.29) is 17.9 Å². The molecule has 0 bridgehead atoms. The molecule has 0 saturated heterocycles. The fraction of sp³-hybridized carbons (Fsp3) is 0.188. The highest BCUT2D eigenvalue weighted by atomic mass is 16.5. The summed E-state index contributed by atoms with van der Waals surface area (Å²) in [6, 6.07) is 13.5. The van der Waals surface area contributed by atoms with Crippen LogP contribution in [-0.2, 0) is 11.4 Å². The van der Waals surface area contributed by atoms with Crippen molar-refractivity contribution < 1.29 is 19.7 Å². The highest BCUT2D eigenvalue weighted by Crippen LogP contribution is 2.30. The average Bonchev–Trinajstić information content (AvgIpc) is 2.46. The summed E-state index contributed by atoms with van der Waals surface area (Å²) >= 11 is 0. The number of carboxylic acid groups (broad SMARTS) is 1. The van der Waals surface area contributed by atoms with E-state index < -0.39 is 12.0 Å². The number of carboxylic acids is 1. The SMILES string of the molecule is NC(CC(=O)O)c1ccc(O)c(OCc2ccccc2)c1. The third kappa shape index (κ3) is 4.22. The van der Waals surface area contributed by atoms with Crippen LogP contribution in [0.3, 0.4) is 0 Å². The molecule has 2 aromatic carbocycles. The van der Waals surface area contributed by atoms with Crippen molar-refractivity contribution >= 4 is 5.97 Å². The monoisotopic (exact) mass is 287 g/mol. The van der Waals surface area contributed by atoms with Crippen LogP contribution in [0.25, 0.3) is 0 Å². The second kappa shape index (κ2) is 6.76. The van der Waals surface area contributed by atoms with Gasteiger partial charge in [-0.2, -0.15) is 0 Å². The van der Waals surface area contributed by atoms with E-state index in [9.17, 15) is 9.90 Å². The highest BCUT2D eigenvalue weighted by Gasteiger charge is 2.13. The molecule has 2 aromatic rings. The number of carbonyl (C=O) groups is 1. The van der Waals surface area contributed by atoms with Gasteiger partial charge in [0.25, 0.3) is 0 Å². The van der Waals surface area contributed by atoms with Crippen molar-refractivity contribution in [2.75, 3.05) is 0 Å². The standard InChI is InChI=1S/C16H17NO4/c17-13(9-16(19)20)12-6-7-14(18)15(8-12)21-10-11-4-2-1-3-5-11/h1-8,13,18H,9-10,17H2,(H,19,20). The minimum absolute atomic E-state index is 0.00259. The van der Waals surface area contributed by atoms with E-state index in [1.165, 1.54) is 6.07 Å². The Kier molecular flexibility index (Phi) is 4.79. The second-order valence-corrected chi connectivity index (χ2v) is 4.71. The van der Waals surface area contributed by atoms with Gasteiger partial charge in [0.05, 0.1) is 6.42 Å². The quantitative estimate of drug-likeness (QED) is 0.759. The second-order valence-electron chi connectivity index (χ2n) is 4.71. The van der Waals surface area contributed by atoms with E-state index >= 15 is 0 Å². The van der Waals surface area contributed by atoms with Crippen LogP contribution >= 0.6 is 0 Å². The van der Waals surface area contributed by atoms with Crippen LogP contribution in [0, 0.1) is 0 Å². The van der Waals surface area contributed by atoms with Crippen LogP contribution in [0.1, 0.15) is 23.6 Å². The van der Waals surface area contributed by atoms with Gasteiger partial charge in [0.1, 0.15) is 6.61 Å². The number of benzene rings is 2. The van der Waals surface area contributed by atoms with Crippen LogP contribution < -0.4 is 10.5 Å². The minimum Gasteiger partial charge on any atom is -0.504 e. The average molecular weight is 287 g/mol. The van der Waals surface area contributed by atoms with Gasteiger partial charge in [0, 0.05) is 6.04 Å². The lowest BCUT2D eigenvalue weighted by molar-refractivity contribution is -0.137. The predicted molar refractivity (Wildman–Crippen MR) is 78.1 cm³/mol. The minimum atomic E-state index is -0.970. The van der Waals surface area contributed by atoms with Crippen molar-refractivity contribution in [3.8, 4) is 11.5 Å². The highest BCUT2D eigenvalue weighted by molar-refractivity contribution is 5.68. The summed E-state index contributed by atoms with van der Waals surface area (Å²) in [5.74, 6) is -0.684. The third-order valence-corrected chi connectivity index (χ3v) is 3.04. The number of phenolic OH excluding ortho intramolecular Hbond substituents is 1. The van der Waals surface area contributed by atoms with E-state index in [1.54, 1.807) is 12.1 Å². The molecule has 0 amide bonds. The molecule has 5 heteroatoms. The fourth-order valence-electron chi connectivity index (χ4n) is 1.92. The van der Waals surface area contributed by atoms with Crippen LogP contribution in [0.4, 0.5) is 0 Å². The van der Waals surface area contributed by atoms with Crippen molar-refractivity contribution in [3.05, 3.63) is 59.7 Å². The van der Waals surface area contributed by atoms with Gasteiger partial charge in [0.2, 0.25) is 0 Å². The fourth-order valence-corrected chi connectivity index (χ4v) is 1.92. The normalized spacial score (nSPS) is 11.9. The molecule has 0 aliphatic carbocycles. The maximum Gasteiger partial charge on any atom is 0.305 e. The summed E-state index contributed by atoms with van der Waals surface area (Å²) in [4.78, 5) is 10.7. The first-order valence-corrected chi connectivity index (χ1v) is 6.53. The molecule has 1 atom stereocenters. The molecule has 0 aliphatic heterocycles. The molecule has 2 rings (SSSR count). The molecule has 0 spiro atoms. The summed E-state index contributed by atoms with van der Waals surface area (Å²) in [5, 5.41) is 18.6. The lowest BCUT2D eigenvalue weighted by atomic mass is 10.0. The van der Waals surface area contributed by atoms with Gasteiger partial charge in [-0.25, -0.2) is 0 Å². The molecule has 110 valence electrons. The number of phenols is 1. The topological polar surface area (TPSA) is 92.8 Å². The van der Waals surface area contributed by atoms with E-state index in [1.807, 2.05) is 30.3 Å². The van der Waals surface area contributed by atoms with Crippen LogP contribution in [0.15, 0.2) is 48.5 Å². The Morgan fingerprint density at radius 1 is 1.19 bits per heavy atom. The molecule has 0 aliphatic rings.